The number of nitrogens with two attached hydrogens (primary N) is 1. The van der Waals surface area contributed by atoms with Crippen molar-refractivity contribution in [2.75, 3.05) is 0 Å². The largest absolute Gasteiger partial charge is 0.329 e. The average Bonchev–Trinajstić information content (AvgIpc) is 2.45. The quantitative estimate of drug-likeness (QED) is 0.704. The number of aryl methyl sites for hydroxylation is 1. The van der Waals surface area contributed by atoms with Crippen molar-refractivity contribution in [3.8, 4) is 0 Å². The second kappa shape index (κ2) is 2.81. The first-order chi connectivity index (χ1) is 6.20. The van der Waals surface area contributed by atoms with Crippen LogP contribution in [0.2, 0.25) is 0 Å². The Bertz CT molecular complexity index is 430. The third kappa shape index (κ3) is 1.19. The molecule has 0 fully saturated rings. The SMILES string of the molecule is CC(N)c1nc2ccncc2n1C. The van der Waals surface area contributed by atoms with Gasteiger partial charge in [0.2, 0.25) is 0 Å². The van der Waals surface area contributed by atoms with Gasteiger partial charge in [0.15, 0.2) is 0 Å². The number of imidazole rings is 1. The predicted octanol–water partition coefficient (Wildman–Crippen LogP) is 0.988. The smallest absolute Gasteiger partial charge is 0.126 e. The first-order valence-corrected chi connectivity index (χ1v) is 4.22. The van der Waals surface area contributed by atoms with E-state index in [-0.39, 0.29) is 6.04 Å². The molecule has 2 heterocycles. The number of fused-ring (bicyclic) bond motifs is 1. The Morgan fingerprint density at radius 2 is 2.31 bits per heavy atom. The molecule has 0 aliphatic carbocycles. The third-order valence-electron chi connectivity index (χ3n) is 2.12. The first kappa shape index (κ1) is 8.19. The first-order valence-electron chi connectivity index (χ1n) is 4.22. The minimum atomic E-state index is -0.0441. The maximum atomic E-state index is 5.77. The highest BCUT2D eigenvalue weighted by molar-refractivity contribution is 5.74. The lowest BCUT2D eigenvalue weighted by atomic mass is 10.3. The summed E-state index contributed by atoms with van der Waals surface area (Å²) in [4.78, 5) is 8.45. The fourth-order valence-electron chi connectivity index (χ4n) is 1.46. The molecule has 0 saturated heterocycles. The summed E-state index contributed by atoms with van der Waals surface area (Å²) in [6.07, 6.45) is 3.54. The number of hydrogen-bond donors (Lipinski definition) is 1. The highest BCUT2D eigenvalue weighted by Crippen LogP contribution is 2.16. The number of rotatable bonds is 1. The van der Waals surface area contributed by atoms with Crippen molar-refractivity contribution in [2.45, 2.75) is 13.0 Å². The van der Waals surface area contributed by atoms with Gasteiger partial charge in [0.25, 0.3) is 0 Å². The van der Waals surface area contributed by atoms with Crippen LogP contribution >= 0.6 is 0 Å². The maximum Gasteiger partial charge on any atom is 0.126 e. The molecule has 2 aromatic rings. The van der Waals surface area contributed by atoms with E-state index in [4.69, 9.17) is 5.73 Å². The van der Waals surface area contributed by atoms with Crippen molar-refractivity contribution in [2.24, 2.45) is 12.8 Å². The Kier molecular flexibility index (Phi) is 1.77. The molecule has 0 bridgehead atoms. The molecule has 0 aliphatic heterocycles. The summed E-state index contributed by atoms with van der Waals surface area (Å²) in [6.45, 7) is 1.93. The van der Waals surface area contributed by atoms with Crippen LogP contribution in [0.4, 0.5) is 0 Å². The maximum absolute atomic E-state index is 5.77. The number of pyridine rings is 1. The molecule has 2 N–H and O–H groups in total. The second-order valence-electron chi connectivity index (χ2n) is 3.18. The Balaban J connectivity index is 2.74. The summed E-state index contributed by atoms with van der Waals surface area (Å²) < 4.78 is 1.98. The summed E-state index contributed by atoms with van der Waals surface area (Å²) >= 11 is 0. The minimum Gasteiger partial charge on any atom is -0.329 e. The average molecular weight is 176 g/mol. The van der Waals surface area contributed by atoms with Gasteiger partial charge < -0.3 is 10.3 Å². The van der Waals surface area contributed by atoms with Crippen molar-refractivity contribution in [3.05, 3.63) is 24.3 Å². The molecule has 0 spiro atoms. The Labute approximate surface area is 76.4 Å². The molecule has 0 aliphatic rings. The molecule has 0 aromatic carbocycles. The molecule has 2 aromatic heterocycles. The van der Waals surface area contributed by atoms with Crippen LogP contribution in [0.1, 0.15) is 18.8 Å². The summed E-state index contributed by atoms with van der Waals surface area (Å²) in [5.41, 5.74) is 7.75. The highest BCUT2D eigenvalue weighted by atomic mass is 15.1. The highest BCUT2D eigenvalue weighted by Gasteiger charge is 2.09. The van der Waals surface area contributed by atoms with Gasteiger partial charge in [-0.15, -0.1) is 0 Å². The van der Waals surface area contributed by atoms with Gasteiger partial charge in [-0.1, -0.05) is 0 Å². The Morgan fingerprint density at radius 1 is 1.54 bits per heavy atom. The van der Waals surface area contributed by atoms with Crippen LogP contribution in [-0.2, 0) is 7.05 Å². The zero-order valence-electron chi connectivity index (χ0n) is 7.73. The lowest BCUT2D eigenvalue weighted by molar-refractivity contribution is 0.696. The predicted molar refractivity (Wildman–Crippen MR) is 51.1 cm³/mol. The monoisotopic (exact) mass is 176 g/mol. The lowest BCUT2D eigenvalue weighted by Gasteiger charge is -2.04. The van der Waals surface area contributed by atoms with Gasteiger partial charge in [-0.2, -0.15) is 0 Å². The molecular formula is C9H12N4. The van der Waals surface area contributed by atoms with E-state index in [2.05, 4.69) is 9.97 Å². The van der Waals surface area contributed by atoms with Crippen molar-refractivity contribution in [1.82, 2.24) is 14.5 Å². The van der Waals surface area contributed by atoms with E-state index in [1.807, 2.05) is 24.6 Å². The van der Waals surface area contributed by atoms with E-state index in [0.29, 0.717) is 0 Å². The topological polar surface area (TPSA) is 56.7 Å². The van der Waals surface area contributed by atoms with Crippen LogP contribution in [0.15, 0.2) is 18.5 Å². The van der Waals surface area contributed by atoms with Gasteiger partial charge in [0, 0.05) is 13.2 Å². The fourth-order valence-corrected chi connectivity index (χ4v) is 1.46. The summed E-state index contributed by atoms with van der Waals surface area (Å²) in [6, 6.07) is 1.85. The molecule has 2 rings (SSSR count). The van der Waals surface area contributed by atoms with Gasteiger partial charge >= 0.3 is 0 Å². The molecule has 0 radical (unpaired) electrons. The molecule has 0 amide bonds. The zero-order chi connectivity index (χ0) is 9.42. The molecular weight excluding hydrogens is 164 g/mol. The fraction of sp³-hybridized carbons (Fsp3) is 0.333. The summed E-state index contributed by atoms with van der Waals surface area (Å²) in [5.74, 6) is 0.892. The van der Waals surface area contributed by atoms with Crippen LogP contribution < -0.4 is 5.73 Å². The standard InChI is InChI=1S/C9H12N4/c1-6(10)9-12-7-3-4-11-5-8(7)13(9)2/h3-6H,10H2,1-2H3. The van der Waals surface area contributed by atoms with Crippen LogP contribution in [0, 0.1) is 0 Å². The van der Waals surface area contributed by atoms with Crippen LogP contribution in [0.3, 0.4) is 0 Å². The lowest BCUT2D eigenvalue weighted by Crippen LogP contribution is -2.11. The molecule has 1 atom stereocenters. The van der Waals surface area contributed by atoms with Gasteiger partial charge in [0.1, 0.15) is 5.82 Å². The van der Waals surface area contributed by atoms with Gasteiger partial charge in [0.05, 0.1) is 23.3 Å². The van der Waals surface area contributed by atoms with Crippen LogP contribution in [0.25, 0.3) is 11.0 Å². The van der Waals surface area contributed by atoms with Crippen LogP contribution in [0.5, 0.6) is 0 Å². The van der Waals surface area contributed by atoms with E-state index in [1.54, 1.807) is 12.4 Å². The van der Waals surface area contributed by atoms with E-state index in [1.165, 1.54) is 0 Å². The molecule has 13 heavy (non-hydrogen) atoms. The van der Waals surface area contributed by atoms with Crippen molar-refractivity contribution < 1.29 is 0 Å². The van der Waals surface area contributed by atoms with E-state index in [0.717, 1.165) is 16.9 Å². The summed E-state index contributed by atoms with van der Waals surface area (Å²) in [7, 11) is 1.95. The van der Waals surface area contributed by atoms with Gasteiger partial charge in [-0.05, 0) is 13.0 Å². The minimum absolute atomic E-state index is 0.0441. The van der Waals surface area contributed by atoms with Crippen LogP contribution in [-0.4, -0.2) is 14.5 Å². The Morgan fingerprint density at radius 3 is 2.92 bits per heavy atom. The van der Waals surface area contributed by atoms with E-state index >= 15 is 0 Å². The number of hydrogen-bond acceptors (Lipinski definition) is 3. The Hall–Kier alpha value is -1.42. The number of nitrogens with zero attached hydrogens (tertiary/aromatic N) is 3. The molecule has 0 saturated carbocycles. The van der Waals surface area contributed by atoms with Gasteiger partial charge in [-0.25, -0.2) is 4.98 Å². The molecule has 68 valence electrons. The normalized spacial score (nSPS) is 13.5. The zero-order valence-corrected chi connectivity index (χ0v) is 7.73. The van der Waals surface area contributed by atoms with E-state index < -0.39 is 0 Å². The van der Waals surface area contributed by atoms with Gasteiger partial charge in [-0.3, -0.25) is 4.98 Å². The third-order valence-corrected chi connectivity index (χ3v) is 2.12. The van der Waals surface area contributed by atoms with E-state index in [9.17, 15) is 0 Å². The number of aromatic nitrogens is 3. The summed E-state index contributed by atoms with van der Waals surface area (Å²) in [5, 5.41) is 0. The van der Waals surface area contributed by atoms with Crippen molar-refractivity contribution in [1.29, 1.82) is 0 Å². The molecule has 1 unspecified atom stereocenters. The van der Waals surface area contributed by atoms with Crippen molar-refractivity contribution >= 4 is 11.0 Å². The second-order valence-corrected chi connectivity index (χ2v) is 3.18. The molecule has 4 nitrogen and oxygen atoms in total. The van der Waals surface area contributed by atoms with Crippen molar-refractivity contribution in [3.63, 3.8) is 0 Å². The molecule has 4 heteroatoms.